The molecule has 0 aliphatic heterocycles. The number of nitrogens with one attached hydrogen (secondary N) is 1. The average Bonchev–Trinajstić information content (AvgIpc) is 3.33. The maximum absolute atomic E-state index is 5.95. The molecule has 0 fully saturated rings. The Morgan fingerprint density at radius 2 is 1.86 bits per heavy atom. The van der Waals surface area contributed by atoms with Crippen molar-refractivity contribution < 1.29 is 4.42 Å². The first-order valence-corrected chi connectivity index (χ1v) is 9.79. The van der Waals surface area contributed by atoms with Gasteiger partial charge in [0, 0.05) is 5.56 Å². The van der Waals surface area contributed by atoms with E-state index < -0.39 is 0 Å². The number of fused-ring (bicyclic) bond motifs is 1. The number of benzene rings is 2. The number of aromatic nitrogens is 4. The number of hydrogen-bond donors (Lipinski definition) is 1. The fourth-order valence-electron chi connectivity index (χ4n) is 3.36. The molecular weight excluding hydrogens is 350 g/mol. The van der Waals surface area contributed by atoms with Gasteiger partial charge in [0.2, 0.25) is 11.8 Å². The zero-order valence-electron chi connectivity index (χ0n) is 16.4. The number of hydrogen-bond acceptors (Lipinski definition) is 5. The van der Waals surface area contributed by atoms with E-state index in [4.69, 9.17) is 9.40 Å². The van der Waals surface area contributed by atoms with Gasteiger partial charge in [0.1, 0.15) is 12.4 Å². The molecule has 6 nitrogen and oxygen atoms in total. The van der Waals surface area contributed by atoms with E-state index >= 15 is 0 Å². The summed E-state index contributed by atoms with van der Waals surface area (Å²) in [6, 6.07) is 16.5. The second kappa shape index (κ2) is 8.35. The summed E-state index contributed by atoms with van der Waals surface area (Å²) in [7, 11) is 1.92. The molecule has 0 atom stereocenters. The minimum atomic E-state index is 0.499. The largest absolute Gasteiger partial charge is 0.419 e. The lowest BCUT2D eigenvalue weighted by Gasteiger charge is -2.06. The van der Waals surface area contributed by atoms with E-state index in [1.807, 2.05) is 25.2 Å². The topological polar surface area (TPSA) is 68.8 Å². The van der Waals surface area contributed by atoms with Crippen LogP contribution in [0.2, 0.25) is 0 Å². The van der Waals surface area contributed by atoms with Crippen molar-refractivity contribution in [2.45, 2.75) is 39.3 Å². The lowest BCUT2D eigenvalue weighted by molar-refractivity contribution is 0.485. The van der Waals surface area contributed by atoms with E-state index in [2.05, 4.69) is 57.3 Å². The third-order valence-electron chi connectivity index (χ3n) is 4.85. The highest BCUT2D eigenvalue weighted by molar-refractivity contribution is 5.76. The molecule has 0 aliphatic rings. The summed E-state index contributed by atoms with van der Waals surface area (Å²) in [6.07, 6.45) is 3.51. The first-order chi connectivity index (χ1) is 13.8. The standard InChI is InChI=1S/C22H25N5O/c1-3-4-7-16-10-12-17(13-11-16)22-26-25-21(28-22)15-27-19-9-6-5-8-18(19)24-20(27)14-23-2/h5-6,8-13,23H,3-4,7,14-15H2,1-2H3. The van der Waals surface area contributed by atoms with Gasteiger partial charge >= 0.3 is 0 Å². The summed E-state index contributed by atoms with van der Waals surface area (Å²) in [5.41, 5.74) is 4.32. The van der Waals surface area contributed by atoms with Crippen molar-refractivity contribution >= 4 is 11.0 Å². The van der Waals surface area contributed by atoms with Gasteiger partial charge in [0.25, 0.3) is 0 Å². The van der Waals surface area contributed by atoms with E-state index in [9.17, 15) is 0 Å². The van der Waals surface area contributed by atoms with Crippen LogP contribution >= 0.6 is 0 Å². The van der Waals surface area contributed by atoms with Crippen molar-refractivity contribution in [3.05, 3.63) is 65.8 Å². The number of aryl methyl sites for hydroxylation is 1. The Kier molecular flexibility index (Phi) is 5.48. The van der Waals surface area contributed by atoms with Crippen molar-refractivity contribution in [1.82, 2.24) is 25.1 Å². The molecule has 0 unspecified atom stereocenters. The first kappa shape index (κ1) is 18.4. The molecule has 0 amide bonds. The van der Waals surface area contributed by atoms with Gasteiger partial charge in [-0.2, -0.15) is 0 Å². The molecule has 4 rings (SSSR count). The molecule has 0 saturated heterocycles. The summed E-state index contributed by atoms with van der Waals surface area (Å²) in [4.78, 5) is 4.71. The smallest absolute Gasteiger partial charge is 0.247 e. The number of imidazole rings is 1. The minimum Gasteiger partial charge on any atom is -0.419 e. The minimum absolute atomic E-state index is 0.499. The highest BCUT2D eigenvalue weighted by Crippen LogP contribution is 2.22. The molecule has 28 heavy (non-hydrogen) atoms. The van der Waals surface area contributed by atoms with Crippen LogP contribution in [0.1, 0.15) is 37.0 Å². The van der Waals surface area contributed by atoms with Crippen molar-refractivity contribution in [2.24, 2.45) is 0 Å². The van der Waals surface area contributed by atoms with Crippen LogP contribution in [0.4, 0.5) is 0 Å². The predicted molar refractivity (Wildman–Crippen MR) is 110 cm³/mol. The van der Waals surface area contributed by atoms with E-state index in [-0.39, 0.29) is 0 Å². The van der Waals surface area contributed by atoms with Crippen molar-refractivity contribution in [3.63, 3.8) is 0 Å². The van der Waals surface area contributed by atoms with Crippen LogP contribution < -0.4 is 5.32 Å². The monoisotopic (exact) mass is 375 g/mol. The lowest BCUT2D eigenvalue weighted by atomic mass is 10.1. The molecule has 2 heterocycles. The molecule has 4 aromatic rings. The first-order valence-electron chi connectivity index (χ1n) is 9.79. The molecule has 2 aromatic heterocycles. The fraction of sp³-hybridized carbons (Fsp3) is 0.318. The maximum Gasteiger partial charge on any atom is 0.247 e. The molecule has 6 heteroatoms. The summed E-state index contributed by atoms with van der Waals surface area (Å²) in [5, 5.41) is 11.7. The van der Waals surface area contributed by atoms with E-state index in [1.165, 1.54) is 18.4 Å². The Labute approximate surface area is 164 Å². The Balaban J connectivity index is 1.57. The van der Waals surface area contributed by atoms with Gasteiger partial charge in [0.15, 0.2) is 0 Å². The summed E-state index contributed by atoms with van der Waals surface area (Å²) < 4.78 is 8.08. The molecule has 0 aliphatic carbocycles. The van der Waals surface area contributed by atoms with Gasteiger partial charge in [0.05, 0.1) is 17.6 Å². The molecule has 2 aromatic carbocycles. The maximum atomic E-state index is 5.95. The van der Waals surface area contributed by atoms with Gasteiger partial charge in [-0.3, -0.25) is 0 Å². The van der Waals surface area contributed by atoms with Gasteiger partial charge in [-0.1, -0.05) is 37.6 Å². The zero-order valence-corrected chi connectivity index (χ0v) is 16.4. The van der Waals surface area contributed by atoms with Gasteiger partial charge in [-0.25, -0.2) is 4.98 Å². The van der Waals surface area contributed by atoms with Crippen molar-refractivity contribution in [2.75, 3.05) is 7.05 Å². The highest BCUT2D eigenvalue weighted by atomic mass is 16.4. The Bertz CT molecular complexity index is 1050. The third-order valence-corrected chi connectivity index (χ3v) is 4.85. The third kappa shape index (κ3) is 3.82. The van der Waals surface area contributed by atoms with Crippen LogP contribution in [-0.4, -0.2) is 26.8 Å². The predicted octanol–water partition coefficient (Wildman–Crippen LogP) is 4.20. The second-order valence-corrected chi connectivity index (χ2v) is 6.93. The SMILES string of the molecule is CCCCc1ccc(-c2nnc(Cn3c(CNC)nc4ccccc43)o2)cc1. The summed E-state index contributed by atoms with van der Waals surface area (Å²) in [6.45, 7) is 3.38. The van der Waals surface area contributed by atoms with Crippen LogP contribution in [0.25, 0.3) is 22.5 Å². The number of unbranched alkanes of at least 4 members (excludes halogenated alkanes) is 1. The van der Waals surface area contributed by atoms with Crippen LogP contribution in [0, 0.1) is 0 Å². The number of nitrogens with zero attached hydrogens (tertiary/aromatic N) is 4. The Morgan fingerprint density at radius 3 is 2.64 bits per heavy atom. The van der Waals surface area contributed by atoms with Crippen LogP contribution in [0.15, 0.2) is 52.9 Å². The van der Waals surface area contributed by atoms with E-state index in [0.717, 1.165) is 28.8 Å². The number of para-hydroxylation sites is 2. The fourth-order valence-corrected chi connectivity index (χ4v) is 3.36. The van der Waals surface area contributed by atoms with Gasteiger partial charge in [-0.15, -0.1) is 10.2 Å². The molecule has 0 radical (unpaired) electrons. The van der Waals surface area contributed by atoms with Gasteiger partial charge in [-0.05, 0) is 49.7 Å². The zero-order chi connectivity index (χ0) is 19.3. The molecule has 1 N–H and O–H groups in total. The van der Waals surface area contributed by atoms with E-state index in [0.29, 0.717) is 24.9 Å². The Morgan fingerprint density at radius 1 is 1.04 bits per heavy atom. The van der Waals surface area contributed by atoms with Crippen molar-refractivity contribution in [1.29, 1.82) is 0 Å². The normalized spacial score (nSPS) is 11.4. The second-order valence-electron chi connectivity index (χ2n) is 6.93. The van der Waals surface area contributed by atoms with Gasteiger partial charge < -0.3 is 14.3 Å². The van der Waals surface area contributed by atoms with E-state index in [1.54, 1.807) is 0 Å². The number of rotatable bonds is 8. The molecule has 0 bridgehead atoms. The molecule has 0 spiro atoms. The van der Waals surface area contributed by atoms with Crippen LogP contribution in [0.3, 0.4) is 0 Å². The quantitative estimate of drug-likeness (QED) is 0.500. The van der Waals surface area contributed by atoms with Crippen LogP contribution in [0.5, 0.6) is 0 Å². The van der Waals surface area contributed by atoms with Crippen molar-refractivity contribution in [3.8, 4) is 11.5 Å². The average molecular weight is 375 g/mol. The summed E-state index contributed by atoms with van der Waals surface area (Å²) >= 11 is 0. The molecule has 0 saturated carbocycles. The Hall–Kier alpha value is -2.99. The summed E-state index contributed by atoms with van der Waals surface area (Å²) in [5.74, 6) is 2.07. The molecular formula is C22H25N5O. The highest BCUT2D eigenvalue weighted by Gasteiger charge is 2.14. The van der Waals surface area contributed by atoms with Crippen LogP contribution in [-0.2, 0) is 19.5 Å². The molecule has 144 valence electrons. The lowest BCUT2D eigenvalue weighted by Crippen LogP contribution is -2.13.